The summed E-state index contributed by atoms with van der Waals surface area (Å²) in [5.74, 6) is -3.42. The molecule has 1 unspecified atom stereocenters. The maximum atomic E-state index is 15.0. The maximum absolute atomic E-state index is 15.0. The van der Waals surface area contributed by atoms with Gasteiger partial charge in [-0.05, 0) is 27.2 Å². The number of anilines is 1. The third-order valence-corrected chi connectivity index (χ3v) is 6.34. The molecule has 0 spiro atoms. The number of carbonyl (C=O) groups is 1. The predicted molar refractivity (Wildman–Crippen MR) is 139 cm³/mol. The zero-order valence-corrected chi connectivity index (χ0v) is 23.0. The number of nitrogens with zero attached hydrogens (tertiary/aromatic N) is 6. The molecular formula is C26H34F3N7O3. The maximum Gasteiger partial charge on any atom is 0.410 e. The third kappa shape index (κ3) is 6.51. The summed E-state index contributed by atoms with van der Waals surface area (Å²) in [6.07, 6.45) is 2.83. The lowest BCUT2D eigenvalue weighted by molar-refractivity contribution is -0.0881. The summed E-state index contributed by atoms with van der Waals surface area (Å²) in [7, 11) is 3.08. The van der Waals surface area contributed by atoms with Crippen LogP contribution in [0.15, 0.2) is 18.5 Å². The van der Waals surface area contributed by atoms with Crippen LogP contribution in [0.4, 0.5) is 23.9 Å². The summed E-state index contributed by atoms with van der Waals surface area (Å²) in [5, 5.41) is 7.70. The van der Waals surface area contributed by atoms with Crippen molar-refractivity contribution in [3.63, 3.8) is 0 Å². The van der Waals surface area contributed by atoms with E-state index >= 15 is 0 Å². The van der Waals surface area contributed by atoms with Crippen LogP contribution in [0.5, 0.6) is 5.75 Å². The summed E-state index contributed by atoms with van der Waals surface area (Å²) < 4.78 is 54.3. The molecule has 3 heterocycles. The molecule has 0 bridgehead atoms. The first-order valence-electron chi connectivity index (χ1n) is 12.8. The highest BCUT2D eigenvalue weighted by atomic mass is 19.3. The standard InChI is InChI=1S/C26H34F3N7O3/c1-7-8-16(14-35(5)24(37)39-25(2,3)4)32-23-31-12-17(27)22(33-23)18-13-30-20-9-19(38-6)21(34-36(18)20)15-10-26(28,29)11-15/h9,12-13,15-16H,7-8,10-11,14H2,1-6H3,(H,31,32,33). The van der Waals surface area contributed by atoms with Gasteiger partial charge in [0.15, 0.2) is 11.5 Å². The lowest BCUT2D eigenvalue weighted by Crippen LogP contribution is -2.41. The highest BCUT2D eigenvalue weighted by Crippen LogP contribution is 2.49. The first-order valence-corrected chi connectivity index (χ1v) is 12.8. The molecule has 0 radical (unpaired) electrons. The number of hydrogen-bond acceptors (Lipinski definition) is 8. The van der Waals surface area contributed by atoms with Crippen LogP contribution in [0.25, 0.3) is 17.0 Å². The number of aromatic nitrogens is 5. The SMILES string of the molecule is CCCC(CN(C)C(=O)OC(C)(C)C)Nc1ncc(F)c(-c2cnc3cc(OC)c(C4CC(F)(F)C4)nn23)n1. The number of hydrogen-bond donors (Lipinski definition) is 1. The van der Waals surface area contributed by atoms with Crippen LogP contribution in [0.3, 0.4) is 0 Å². The summed E-state index contributed by atoms with van der Waals surface area (Å²) >= 11 is 0. The van der Waals surface area contributed by atoms with Gasteiger partial charge in [-0.2, -0.15) is 5.10 Å². The minimum absolute atomic E-state index is 0.0571. The van der Waals surface area contributed by atoms with E-state index < -0.39 is 29.4 Å². The number of methoxy groups -OCH3 is 1. The number of nitrogens with one attached hydrogen (secondary N) is 1. The Morgan fingerprint density at radius 1 is 1.28 bits per heavy atom. The molecule has 0 aliphatic heterocycles. The van der Waals surface area contributed by atoms with Gasteiger partial charge in [0.05, 0.1) is 19.5 Å². The van der Waals surface area contributed by atoms with Crippen LogP contribution in [0.1, 0.15) is 65.0 Å². The zero-order chi connectivity index (χ0) is 28.5. The van der Waals surface area contributed by atoms with E-state index in [1.165, 1.54) is 22.7 Å². The first kappa shape index (κ1) is 28.4. The third-order valence-electron chi connectivity index (χ3n) is 6.34. The molecule has 39 heavy (non-hydrogen) atoms. The van der Waals surface area contributed by atoms with Crippen molar-refractivity contribution in [3.8, 4) is 17.1 Å². The molecule has 0 aromatic carbocycles. The van der Waals surface area contributed by atoms with Crippen LogP contribution in [0.2, 0.25) is 0 Å². The lowest BCUT2D eigenvalue weighted by Gasteiger charge is -2.34. The molecule has 1 aliphatic rings. The monoisotopic (exact) mass is 549 g/mol. The van der Waals surface area contributed by atoms with Crippen molar-refractivity contribution < 1.29 is 27.4 Å². The molecule has 13 heteroatoms. The molecule has 212 valence electrons. The molecule has 1 atom stereocenters. The second-order valence-electron chi connectivity index (χ2n) is 10.9. The molecule has 0 saturated heterocycles. The minimum Gasteiger partial charge on any atom is -0.495 e. The van der Waals surface area contributed by atoms with Crippen molar-refractivity contribution in [2.45, 2.75) is 76.9 Å². The van der Waals surface area contributed by atoms with Gasteiger partial charge in [0.25, 0.3) is 0 Å². The van der Waals surface area contributed by atoms with E-state index in [2.05, 4.69) is 25.4 Å². The second kappa shape index (κ2) is 10.9. The fourth-order valence-corrected chi connectivity index (χ4v) is 4.48. The summed E-state index contributed by atoms with van der Waals surface area (Å²) in [6, 6.07) is 1.35. The van der Waals surface area contributed by atoms with Crippen LogP contribution in [-0.2, 0) is 4.74 Å². The largest absolute Gasteiger partial charge is 0.495 e. The van der Waals surface area contributed by atoms with Crippen molar-refractivity contribution in [1.82, 2.24) is 29.5 Å². The number of carbonyl (C=O) groups excluding carboxylic acids is 1. The Kier molecular flexibility index (Phi) is 7.89. The number of imidazole rings is 1. The number of ether oxygens (including phenoxy) is 2. The van der Waals surface area contributed by atoms with Gasteiger partial charge in [-0.25, -0.2) is 37.4 Å². The van der Waals surface area contributed by atoms with E-state index in [9.17, 15) is 18.0 Å². The molecule has 3 aromatic rings. The van der Waals surface area contributed by atoms with E-state index in [0.717, 1.165) is 12.6 Å². The Bertz CT molecular complexity index is 1330. The van der Waals surface area contributed by atoms with Crippen LogP contribution < -0.4 is 10.1 Å². The van der Waals surface area contributed by atoms with Crippen LogP contribution in [-0.4, -0.2) is 73.8 Å². The van der Waals surface area contributed by atoms with Gasteiger partial charge in [0.2, 0.25) is 11.9 Å². The average Bonchev–Trinajstić information content (AvgIpc) is 3.24. The Hall–Kier alpha value is -3.64. The smallest absolute Gasteiger partial charge is 0.410 e. The Morgan fingerprint density at radius 2 is 2.00 bits per heavy atom. The molecule has 1 amide bonds. The lowest BCUT2D eigenvalue weighted by atomic mass is 9.79. The van der Waals surface area contributed by atoms with Crippen molar-refractivity contribution in [2.24, 2.45) is 0 Å². The van der Waals surface area contributed by atoms with Crippen molar-refractivity contribution in [2.75, 3.05) is 26.0 Å². The summed E-state index contributed by atoms with van der Waals surface area (Å²) in [5.41, 5.74) is 0.266. The molecule has 1 aliphatic carbocycles. The fraction of sp³-hybridized carbons (Fsp3) is 0.577. The Balaban J connectivity index is 1.61. The highest BCUT2D eigenvalue weighted by molar-refractivity contribution is 5.68. The van der Waals surface area contributed by atoms with Gasteiger partial charge in [-0.1, -0.05) is 13.3 Å². The number of rotatable bonds is 9. The van der Waals surface area contributed by atoms with Crippen LogP contribution >= 0.6 is 0 Å². The average molecular weight is 550 g/mol. The van der Waals surface area contributed by atoms with Gasteiger partial charge < -0.3 is 19.7 Å². The molecule has 1 fully saturated rings. The van der Waals surface area contributed by atoms with Gasteiger partial charge >= 0.3 is 6.09 Å². The zero-order valence-electron chi connectivity index (χ0n) is 23.0. The second-order valence-corrected chi connectivity index (χ2v) is 10.9. The van der Waals surface area contributed by atoms with E-state index in [0.29, 0.717) is 30.1 Å². The van der Waals surface area contributed by atoms with Gasteiger partial charge in [-0.15, -0.1) is 0 Å². The van der Waals surface area contributed by atoms with Gasteiger partial charge in [0, 0.05) is 44.5 Å². The molecule has 4 rings (SSSR count). The minimum atomic E-state index is -2.74. The molecule has 10 nitrogen and oxygen atoms in total. The topological polar surface area (TPSA) is 107 Å². The summed E-state index contributed by atoms with van der Waals surface area (Å²) in [6.45, 7) is 7.70. The molecule has 1 N–H and O–H groups in total. The fourth-order valence-electron chi connectivity index (χ4n) is 4.48. The summed E-state index contributed by atoms with van der Waals surface area (Å²) in [4.78, 5) is 26.7. The number of amides is 1. The number of fused-ring (bicyclic) bond motifs is 1. The quantitative estimate of drug-likeness (QED) is 0.384. The van der Waals surface area contributed by atoms with E-state index in [1.807, 2.05) is 6.92 Å². The van der Waals surface area contributed by atoms with Gasteiger partial charge in [0.1, 0.15) is 28.4 Å². The Morgan fingerprint density at radius 3 is 2.62 bits per heavy atom. The van der Waals surface area contributed by atoms with Crippen molar-refractivity contribution >= 4 is 17.7 Å². The Labute approximate surface area is 224 Å². The molecule has 3 aromatic heterocycles. The highest BCUT2D eigenvalue weighted by Gasteiger charge is 2.48. The van der Waals surface area contributed by atoms with Crippen molar-refractivity contribution in [3.05, 3.63) is 30.0 Å². The first-order chi connectivity index (χ1) is 18.3. The molecular weight excluding hydrogens is 515 g/mol. The number of likely N-dealkylation sites (N-methyl/N-ethyl adjacent to an activating group) is 1. The predicted octanol–water partition coefficient (Wildman–Crippen LogP) is 5.29. The van der Waals surface area contributed by atoms with Gasteiger partial charge in [-0.3, -0.25) is 0 Å². The van der Waals surface area contributed by atoms with E-state index in [4.69, 9.17) is 9.47 Å². The molecule has 1 saturated carbocycles. The van der Waals surface area contributed by atoms with Crippen LogP contribution in [0, 0.1) is 5.82 Å². The number of halogens is 3. The van der Waals surface area contributed by atoms with E-state index in [1.54, 1.807) is 33.9 Å². The normalized spacial score (nSPS) is 16.0. The number of alkyl halides is 2. The van der Waals surface area contributed by atoms with E-state index in [-0.39, 0.29) is 36.2 Å². The van der Waals surface area contributed by atoms with Crippen molar-refractivity contribution in [1.29, 1.82) is 0 Å².